The molecule has 1 fully saturated rings. The standard InChI is InChI=1S/C27H32N2O3/c1-30-24-11-6-10-22(18-24)27(29-16-7-14-28-15-17-29)23-12-13-25(26(19-23)31-2)32-20-21-8-4-3-5-9-21/h3-6,8-13,18-19,27-28H,7,14-17,20H2,1-2H3. The van der Waals surface area contributed by atoms with Crippen LogP contribution in [-0.2, 0) is 6.61 Å². The molecule has 3 aromatic carbocycles. The maximum Gasteiger partial charge on any atom is 0.161 e. The summed E-state index contributed by atoms with van der Waals surface area (Å²) >= 11 is 0. The Hall–Kier alpha value is -3.02. The minimum atomic E-state index is 0.113. The monoisotopic (exact) mass is 432 g/mol. The van der Waals surface area contributed by atoms with Gasteiger partial charge in [0.15, 0.2) is 11.5 Å². The van der Waals surface area contributed by atoms with E-state index in [1.165, 1.54) is 11.1 Å². The second-order valence-electron chi connectivity index (χ2n) is 8.00. The van der Waals surface area contributed by atoms with Gasteiger partial charge in [0.25, 0.3) is 0 Å². The Balaban J connectivity index is 1.65. The number of hydrogen-bond acceptors (Lipinski definition) is 5. The molecule has 1 aliphatic rings. The molecule has 3 aromatic rings. The molecule has 0 amide bonds. The van der Waals surface area contributed by atoms with Crippen LogP contribution in [0.5, 0.6) is 17.2 Å². The van der Waals surface area contributed by atoms with Gasteiger partial charge >= 0.3 is 0 Å². The van der Waals surface area contributed by atoms with Crippen LogP contribution >= 0.6 is 0 Å². The highest BCUT2D eigenvalue weighted by Crippen LogP contribution is 2.36. The molecular formula is C27H32N2O3. The van der Waals surface area contributed by atoms with Gasteiger partial charge in [0.1, 0.15) is 12.4 Å². The summed E-state index contributed by atoms with van der Waals surface area (Å²) < 4.78 is 17.3. The van der Waals surface area contributed by atoms with Crippen LogP contribution in [0.25, 0.3) is 0 Å². The number of nitrogens with one attached hydrogen (secondary N) is 1. The highest BCUT2D eigenvalue weighted by atomic mass is 16.5. The molecule has 0 spiro atoms. The van der Waals surface area contributed by atoms with Gasteiger partial charge in [0.2, 0.25) is 0 Å². The molecule has 5 nitrogen and oxygen atoms in total. The molecule has 1 N–H and O–H groups in total. The van der Waals surface area contributed by atoms with Crippen LogP contribution in [0.3, 0.4) is 0 Å². The quantitative estimate of drug-likeness (QED) is 0.560. The van der Waals surface area contributed by atoms with Gasteiger partial charge in [-0.15, -0.1) is 0 Å². The molecule has 1 heterocycles. The third-order valence-electron chi connectivity index (χ3n) is 5.89. The Morgan fingerprint density at radius 3 is 2.47 bits per heavy atom. The van der Waals surface area contributed by atoms with Crippen LogP contribution in [0.2, 0.25) is 0 Å². The number of benzene rings is 3. The predicted molar refractivity (Wildman–Crippen MR) is 128 cm³/mol. The second-order valence-corrected chi connectivity index (χ2v) is 8.00. The summed E-state index contributed by atoms with van der Waals surface area (Å²) in [6.07, 6.45) is 1.12. The molecular weight excluding hydrogens is 400 g/mol. The molecule has 168 valence electrons. The van der Waals surface area contributed by atoms with E-state index in [0.717, 1.165) is 55.4 Å². The smallest absolute Gasteiger partial charge is 0.161 e. The molecule has 5 heteroatoms. The molecule has 32 heavy (non-hydrogen) atoms. The maximum atomic E-state index is 6.09. The first-order valence-electron chi connectivity index (χ1n) is 11.2. The first-order valence-corrected chi connectivity index (χ1v) is 11.2. The molecule has 0 aliphatic carbocycles. The number of ether oxygens (including phenoxy) is 3. The van der Waals surface area contributed by atoms with Crippen molar-refractivity contribution in [3.8, 4) is 17.2 Å². The molecule has 1 atom stereocenters. The van der Waals surface area contributed by atoms with E-state index in [9.17, 15) is 0 Å². The Morgan fingerprint density at radius 2 is 1.66 bits per heavy atom. The van der Waals surface area contributed by atoms with Crippen molar-refractivity contribution in [2.45, 2.75) is 19.1 Å². The molecule has 1 saturated heterocycles. The summed E-state index contributed by atoms with van der Waals surface area (Å²) in [7, 11) is 3.41. The largest absolute Gasteiger partial charge is 0.497 e. The minimum Gasteiger partial charge on any atom is -0.497 e. The molecule has 1 aliphatic heterocycles. The van der Waals surface area contributed by atoms with Crippen molar-refractivity contribution in [1.82, 2.24) is 10.2 Å². The Morgan fingerprint density at radius 1 is 0.812 bits per heavy atom. The second kappa shape index (κ2) is 11.0. The zero-order valence-corrected chi connectivity index (χ0v) is 18.9. The highest BCUT2D eigenvalue weighted by molar-refractivity contribution is 5.47. The van der Waals surface area contributed by atoms with Gasteiger partial charge < -0.3 is 19.5 Å². The molecule has 0 bridgehead atoms. The van der Waals surface area contributed by atoms with E-state index in [-0.39, 0.29) is 6.04 Å². The van der Waals surface area contributed by atoms with Crippen molar-refractivity contribution < 1.29 is 14.2 Å². The maximum absolute atomic E-state index is 6.09. The first kappa shape index (κ1) is 22.2. The lowest BCUT2D eigenvalue weighted by atomic mass is 9.96. The van der Waals surface area contributed by atoms with Crippen LogP contribution in [0, 0.1) is 0 Å². The lowest BCUT2D eigenvalue weighted by molar-refractivity contribution is 0.239. The van der Waals surface area contributed by atoms with Gasteiger partial charge in [0.05, 0.1) is 20.3 Å². The lowest BCUT2D eigenvalue weighted by Gasteiger charge is -2.32. The lowest BCUT2D eigenvalue weighted by Crippen LogP contribution is -2.33. The average molecular weight is 433 g/mol. The van der Waals surface area contributed by atoms with Crippen molar-refractivity contribution >= 4 is 0 Å². The van der Waals surface area contributed by atoms with Crippen molar-refractivity contribution in [3.05, 3.63) is 89.5 Å². The Kier molecular flexibility index (Phi) is 7.64. The van der Waals surface area contributed by atoms with Crippen LogP contribution in [0.4, 0.5) is 0 Å². The van der Waals surface area contributed by atoms with Crippen molar-refractivity contribution in [2.75, 3.05) is 40.4 Å². The highest BCUT2D eigenvalue weighted by Gasteiger charge is 2.25. The van der Waals surface area contributed by atoms with Gasteiger partial charge in [0, 0.05) is 19.6 Å². The number of hydrogen-bond donors (Lipinski definition) is 1. The number of methoxy groups -OCH3 is 2. The first-order chi connectivity index (χ1) is 15.8. The van der Waals surface area contributed by atoms with Gasteiger partial charge in [-0.2, -0.15) is 0 Å². The van der Waals surface area contributed by atoms with Crippen LogP contribution in [0.1, 0.15) is 29.2 Å². The van der Waals surface area contributed by atoms with E-state index in [4.69, 9.17) is 14.2 Å². The summed E-state index contributed by atoms with van der Waals surface area (Å²) in [5.41, 5.74) is 3.53. The van der Waals surface area contributed by atoms with Crippen LogP contribution < -0.4 is 19.5 Å². The Labute approximate surface area is 190 Å². The minimum absolute atomic E-state index is 0.113. The van der Waals surface area contributed by atoms with Crippen molar-refractivity contribution in [3.63, 3.8) is 0 Å². The van der Waals surface area contributed by atoms with Crippen LogP contribution in [-0.4, -0.2) is 45.3 Å². The summed E-state index contributed by atoms with van der Waals surface area (Å²) in [4.78, 5) is 2.54. The summed E-state index contributed by atoms with van der Waals surface area (Å²) in [5.74, 6) is 2.37. The van der Waals surface area contributed by atoms with Gasteiger partial charge in [-0.3, -0.25) is 4.90 Å². The van der Waals surface area contributed by atoms with Crippen molar-refractivity contribution in [2.24, 2.45) is 0 Å². The van der Waals surface area contributed by atoms with Gasteiger partial charge in [-0.1, -0.05) is 48.5 Å². The summed E-state index contributed by atoms with van der Waals surface area (Å²) in [6, 6.07) is 25.0. The third-order valence-corrected chi connectivity index (χ3v) is 5.89. The fourth-order valence-corrected chi connectivity index (χ4v) is 4.26. The van der Waals surface area contributed by atoms with E-state index >= 15 is 0 Å². The van der Waals surface area contributed by atoms with E-state index in [0.29, 0.717) is 6.61 Å². The SMILES string of the molecule is COc1cccc(C(c2ccc(OCc3ccccc3)c(OC)c2)N2CCCNCC2)c1. The molecule has 4 rings (SSSR count). The molecule has 0 saturated carbocycles. The predicted octanol–water partition coefficient (Wildman–Crippen LogP) is 4.67. The van der Waals surface area contributed by atoms with E-state index in [2.05, 4.69) is 52.7 Å². The number of nitrogens with zero attached hydrogens (tertiary/aromatic N) is 1. The van der Waals surface area contributed by atoms with E-state index in [1.54, 1.807) is 14.2 Å². The van der Waals surface area contributed by atoms with E-state index in [1.807, 2.05) is 30.3 Å². The fourth-order valence-electron chi connectivity index (χ4n) is 4.26. The van der Waals surface area contributed by atoms with Gasteiger partial charge in [-0.05, 0) is 53.9 Å². The van der Waals surface area contributed by atoms with E-state index < -0.39 is 0 Å². The number of rotatable bonds is 8. The van der Waals surface area contributed by atoms with Gasteiger partial charge in [-0.25, -0.2) is 0 Å². The molecule has 1 unspecified atom stereocenters. The van der Waals surface area contributed by atoms with Crippen molar-refractivity contribution in [1.29, 1.82) is 0 Å². The zero-order chi connectivity index (χ0) is 22.2. The average Bonchev–Trinajstić information content (AvgIpc) is 3.13. The third kappa shape index (κ3) is 5.42. The Bertz CT molecular complexity index is 985. The van der Waals surface area contributed by atoms with Crippen LogP contribution in [0.15, 0.2) is 72.8 Å². The normalized spacial score (nSPS) is 15.6. The fraction of sp³-hybridized carbons (Fsp3) is 0.333. The summed E-state index contributed by atoms with van der Waals surface area (Å²) in [5, 5.41) is 3.51. The molecule has 0 aromatic heterocycles. The zero-order valence-electron chi connectivity index (χ0n) is 18.9. The summed E-state index contributed by atoms with van der Waals surface area (Å²) in [6.45, 7) is 4.56. The molecule has 0 radical (unpaired) electrons. The topological polar surface area (TPSA) is 43.0 Å².